The van der Waals surface area contributed by atoms with E-state index in [1.54, 1.807) is 0 Å². The van der Waals surface area contributed by atoms with Crippen LogP contribution in [0.3, 0.4) is 0 Å². The molecule has 4 heteroatoms. The minimum Gasteiger partial charge on any atom is -0.373 e. The van der Waals surface area contributed by atoms with Crippen molar-refractivity contribution in [3.63, 3.8) is 0 Å². The van der Waals surface area contributed by atoms with E-state index in [4.69, 9.17) is 4.74 Å². The van der Waals surface area contributed by atoms with Crippen LogP contribution < -0.4 is 0 Å². The summed E-state index contributed by atoms with van der Waals surface area (Å²) in [6, 6.07) is 20.0. The standard InChI is InChI=1S/C18H32OSi2.2C9H13.2CH3.Fe/c1-9-13-11-15-16(12-14(13)10-2)18(21(6,7)8)19-17(15)20(3,4)5;1-9(2,3)8-6-4-5-7-8;1-3-8-6-5-7-9(8)4-2;;;/h11-12,17-18H,9-10H2,1-8H3;4-7H,1-3H3;5-7H,3-4H2,1-2H3;2*1H3;/q;4*-1;+4. The molecular weight excluding hydrogens is 584 g/mol. The maximum absolute atomic E-state index is 6.68. The number of aryl methyl sites for hydroxylation is 4. The first-order chi connectivity index (χ1) is 18.1. The monoisotopic (exact) mass is 648 g/mol. The van der Waals surface area contributed by atoms with E-state index >= 15 is 0 Å². The van der Waals surface area contributed by atoms with Gasteiger partial charge >= 0.3 is 17.1 Å². The van der Waals surface area contributed by atoms with E-state index in [0.29, 0.717) is 16.9 Å². The zero-order valence-corrected chi connectivity index (χ0v) is 33.0. The molecule has 3 aromatic rings. The number of ether oxygens (including phenoxy) is 1. The predicted octanol–water partition coefficient (Wildman–Crippen LogP) is 11.8. The summed E-state index contributed by atoms with van der Waals surface area (Å²) in [5.74, 6) is 0. The summed E-state index contributed by atoms with van der Waals surface area (Å²) in [5.41, 5.74) is 11.6. The number of rotatable bonds is 6. The van der Waals surface area contributed by atoms with E-state index in [2.05, 4.69) is 142 Å². The number of benzene rings is 1. The van der Waals surface area contributed by atoms with Crippen molar-refractivity contribution in [2.75, 3.05) is 0 Å². The van der Waals surface area contributed by atoms with Gasteiger partial charge < -0.3 is 19.6 Å². The minimum absolute atomic E-state index is 0. The van der Waals surface area contributed by atoms with Crippen molar-refractivity contribution in [2.24, 2.45) is 0 Å². The Kier molecular flexibility index (Phi) is 18.4. The van der Waals surface area contributed by atoms with E-state index in [9.17, 15) is 0 Å². The first-order valence-electron chi connectivity index (χ1n) is 15.3. The molecule has 1 aliphatic rings. The normalized spacial score (nSPS) is 15.9. The molecule has 1 aliphatic heterocycles. The molecule has 0 bridgehead atoms. The van der Waals surface area contributed by atoms with Gasteiger partial charge in [0, 0.05) is 0 Å². The number of hydrogen-bond acceptors (Lipinski definition) is 1. The third kappa shape index (κ3) is 11.4. The van der Waals surface area contributed by atoms with Gasteiger partial charge in [0.05, 0.1) is 27.6 Å². The molecule has 0 N–H and O–H groups in total. The van der Waals surface area contributed by atoms with E-state index in [0.717, 1.165) is 12.8 Å². The topological polar surface area (TPSA) is 9.23 Å². The molecule has 1 nitrogen and oxygen atoms in total. The molecule has 42 heavy (non-hydrogen) atoms. The molecule has 1 heterocycles. The van der Waals surface area contributed by atoms with Crippen LogP contribution in [0.1, 0.15) is 98.9 Å². The second kappa shape index (κ2) is 18.0. The van der Waals surface area contributed by atoms with Gasteiger partial charge in [-0.2, -0.15) is 34.9 Å². The van der Waals surface area contributed by atoms with E-state index in [1.165, 1.54) is 51.8 Å². The Bertz CT molecular complexity index is 1070. The number of hydrogen-bond donors (Lipinski definition) is 0. The van der Waals surface area contributed by atoms with Gasteiger partial charge in [-0.15, -0.1) is 0 Å². The Morgan fingerprint density at radius 1 is 0.762 bits per heavy atom. The van der Waals surface area contributed by atoms with E-state index in [-0.39, 0.29) is 31.9 Å². The van der Waals surface area contributed by atoms with Gasteiger partial charge in [-0.25, -0.2) is 24.3 Å². The molecule has 0 aromatic heterocycles. The largest absolute Gasteiger partial charge is 4.00 e. The van der Waals surface area contributed by atoms with Crippen LogP contribution in [0.5, 0.6) is 0 Å². The SMILES string of the molecule is CC(C)(C)c1ccc[cH-]1.CCc1cc2c(cc1CC)C([Si](C)(C)C)OC2[Si](C)(C)C.CCc1ccc[c-]1CC.[CH3-].[CH3-].[Fe+4]. The van der Waals surface area contributed by atoms with E-state index in [1.807, 2.05) is 0 Å². The van der Waals surface area contributed by atoms with Crippen LogP contribution in [0.15, 0.2) is 54.6 Å². The maximum atomic E-state index is 6.68. The summed E-state index contributed by atoms with van der Waals surface area (Å²) < 4.78 is 6.68. The van der Waals surface area contributed by atoms with Crippen LogP contribution in [0.2, 0.25) is 39.3 Å². The molecule has 2 atom stereocenters. The van der Waals surface area contributed by atoms with Crippen LogP contribution in [0.4, 0.5) is 0 Å². The molecule has 0 aliphatic carbocycles. The van der Waals surface area contributed by atoms with Crippen LogP contribution in [-0.2, 0) is 52.9 Å². The molecule has 238 valence electrons. The molecular formula is C38H64FeOSi2. The van der Waals surface area contributed by atoms with Crippen molar-refractivity contribution in [1.82, 2.24) is 0 Å². The average Bonchev–Trinajstić information content (AvgIpc) is 3.61. The molecule has 2 unspecified atom stereocenters. The minimum atomic E-state index is -1.36. The third-order valence-corrected chi connectivity index (χ3v) is 11.9. The average molecular weight is 649 g/mol. The smallest absolute Gasteiger partial charge is 0.373 e. The molecule has 4 rings (SSSR count). The van der Waals surface area contributed by atoms with Crippen molar-refractivity contribution in [3.8, 4) is 0 Å². The van der Waals surface area contributed by atoms with Crippen LogP contribution in [0.25, 0.3) is 0 Å². The summed E-state index contributed by atoms with van der Waals surface area (Å²) in [5, 5.41) is 0. The van der Waals surface area contributed by atoms with Gasteiger partial charge in [-0.1, -0.05) is 113 Å². The fourth-order valence-corrected chi connectivity index (χ4v) is 9.11. The summed E-state index contributed by atoms with van der Waals surface area (Å²) in [4.78, 5) is 0. The van der Waals surface area contributed by atoms with Gasteiger partial charge in [0.15, 0.2) is 0 Å². The maximum Gasteiger partial charge on any atom is 4.00 e. The quantitative estimate of drug-likeness (QED) is 0.191. The van der Waals surface area contributed by atoms with Gasteiger partial charge in [-0.05, 0) is 40.5 Å². The molecule has 0 fully saturated rings. The fraction of sp³-hybridized carbons (Fsp3) is 0.526. The van der Waals surface area contributed by atoms with Crippen molar-refractivity contribution in [2.45, 2.75) is 130 Å². The van der Waals surface area contributed by atoms with Gasteiger partial charge in [0.1, 0.15) is 0 Å². The first-order valence-corrected chi connectivity index (χ1v) is 22.5. The Balaban J connectivity index is 0. The van der Waals surface area contributed by atoms with Crippen molar-refractivity contribution < 1.29 is 21.8 Å². The summed E-state index contributed by atoms with van der Waals surface area (Å²) in [7, 11) is -2.72. The molecule has 0 saturated carbocycles. The third-order valence-electron chi connectivity index (χ3n) is 7.88. The van der Waals surface area contributed by atoms with Crippen LogP contribution in [0, 0.1) is 14.9 Å². The molecule has 0 spiro atoms. The predicted molar refractivity (Wildman–Crippen MR) is 193 cm³/mol. The summed E-state index contributed by atoms with van der Waals surface area (Å²) in [6.07, 6.45) is 4.62. The fourth-order valence-electron chi connectivity index (χ4n) is 5.52. The Morgan fingerprint density at radius 2 is 1.24 bits per heavy atom. The Hall–Kier alpha value is -1.17. The zero-order valence-electron chi connectivity index (χ0n) is 29.9. The van der Waals surface area contributed by atoms with Gasteiger partial charge in [-0.3, -0.25) is 0 Å². The molecule has 0 radical (unpaired) electrons. The van der Waals surface area contributed by atoms with Gasteiger partial charge in [0.25, 0.3) is 0 Å². The Morgan fingerprint density at radius 3 is 1.50 bits per heavy atom. The Labute approximate surface area is 275 Å². The molecule has 0 saturated heterocycles. The second-order valence-corrected chi connectivity index (χ2v) is 24.8. The van der Waals surface area contributed by atoms with Crippen molar-refractivity contribution in [3.05, 3.63) is 108 Å². The van der Waals surface area contributed by atoms with Crippen molar-refractivity contribution >= 4 is 16.1 Å². The van der Waals surface area contributed by atoms with Crippen molar-refractivity contribution in [1.29, 1.82) is 0 Å². The number of fused-ring (bicyclic) bond motifs is 1. The zero-order chi connectivity index (χ0) is 29.6. The second-order valence-electron chi connectivity index (χ2n) is 14.3. The summed E-state index contributed by atoms with van der Waals surface area (Å²) >= 11 is 0. The van der Waals surface area contributed by atoms with E-state index < -0.39 is 16.1 Å². The van der Waals surface area contributed by atoms with Crippen LogP contribution >= 0.6 is 0 Å². The van der Waals surface area contributed by atoms with Gasteiger partial charge in [0.2, 0.25) is 0 Å². The molecule has 0 amide bonds. The first kappa shape index (κ1) is 43.0. The molecule has 3 aromatic carbocycles. The summed E-state index contributed by atoms with van der Waals surface area (Å²) in [6.45, 7) is 30.3. The van der Waals surface area contributed by atoms with Crippen LogP contribution in [-0.4, -0.2) is 16.1 Å².